The van der Waals surface area contributed by atoms with Crippen LogP contribution in [0.25, 0.3) is 5.52 Å². The quantitative estimate of drug-likeness (QED) is 0.791. The van der Waals surface area contributed by atoms with E-state index in [9.17, 15) is 4.79 Å². The van der Waals surface area contributed by atoms with Crippen molar-refractivity contribution in [3.8, 4) is 0 Å². The van der Waals surface area contributed by atoms with E-state index >= 15 is 0 Å². The summed E-state index contributed by atoms with van der Waals surface area (Å²) in [5.41, 5.74) is 1.59. The van der Waals surface area contributed by atoms with E-state index in [1.165, 1.54) is 12.8 Å². The van der Waals surface area contributed by atoms with Crippen LogP contribution >= 0.6 is 15.9 Å². The second-order valence-electron chi connectivity index (χ2n) is 5.24. The number of likely N-dealkylation sites (tertiary alicyclic amines) is 1. The third-order valence-electron chi connectivity index (χ3n) is 3.97. The van der Waals surface area contributed by atoms with Crippen LogP contribution in [0.3, 0.4) is 0 Å². The fourth-order valence-electron chi connectivity index (χ4n) is 2.86. The maximum Gasteiger partial charge on any atom is 0.257 e. The number of pyridine rings is 1. The molecule has 1 atom stereocenters. The number of halogens is 1. The maximum absolute atomic E-state index is 12.8. The highest BCUT2D eigenvalue weighted by Crippen LogP contribution is 2.22. The molecule has 0 spiro atoms. The van der Waals surface area contributed by atoms with Crippen LogP contribution < -0.4 is 0 Å². The minimum Gasteiger partial charge on any atom is -0.335 e. The highest BCUT2D eigenvalue weighted by Gasteiger charge is 2.27. The molecule has 1 fully saturated rings. The number of nitrogens with zero attached hydrogens (tertiary/aromatic N) is 3. The number of amides is 1. The van der Waals surface area contributed by atoms with E-state index in [0.717, 1.165) is 30.2 Å². The van der Waals surface area contributed by atoms with Gasteiger partial charge in [0.25, 0.3) is 5.91 Å². The standard InChI is InChI=1S/C15H18BrN3O/c16-10-12-6-2-1-4-8-18(12)15(20)13-11-17-19-9-5-3-7-14(13)19/h3,5,7,9,11-12H,1-2,4,6,8,10H2. The second kappa shape index (κ2) is 5.95. The Morgan fingerprint density at radius 3 is 3.10 bits per heavy atom. The van der Waals surface area contributed by atoms with Crippen molar-refractivity contribution >= 4 is 27.4 Å². The topological polar surface area (TPSA) is 37.6 Å². The van der Waals surface area contributed by atoms with Crippen LogP contribution in [0, 0.1) is 0 Å². The molecule has 1 aliphatic heterocycles. The van der Waals surface area contributed by atoms with E-state index < -0.39 is 0 Å². The molecule has 0 aliphatic carbocycles. The summed E-state index contributed by atoms with van der Waals surface area (Å²) in [5.74, 6) is 0.109. The minimum absolute atomic E-state index is 0.109. The molecule has 2 aromatic rings. The van der Waals surface area contributed by atoms with Gasteiger partial charge in [-0.3, -0.25) is 4.79 Å². The number of rotatable bonds is 2. The molecule has 1 unspecified atom stereocenters. The maximum atomic E-state index is 12.8. The lowest BCUT2D eigenvalue weighted by Crippen LogP contribution is -2.41. The van der Waals surface area contributed by atoms with Crippen LogP contribution in [0.2, 0.25) is 0 Å². The van der Waals surface area contributed by atoms with Crippen molar-refractivity contribution in [3.63, 3.8) is 0 Å². The summed E-state index contributed by atoms with van der Waals surface area (Å²) < 4.78 is 1.76. The average Bonchev–Trinajstić information content (AvgIpc) is 2.76. The van der Waals surface area contributed by atoms with Gasteiger partial charge in [-0.25, -0.2) is 4.52 Å². The monoisotopic (exact) mass is 335 g/mol. The smallest absolute Gasteiger partial charge is 0.257 e. The predicted molar refractivity (Wildman–Crippen MR) is 82.3 cm³/mol. The molecule has 3 rings (SSSR count). The van der Waals surface area contributed by atoms with Gasteiger partial charge < -0.3 is 4.90 Å². The summed E-state index contributed by atoms with van der Waals surface area (Å²) in [7, 11) is 0. The van der Waals surface area contributed by atoms with Crippen molar-refractivity contribution in [3.05, 3.63) is 36.2 Å². The van der Waals surface area contributed by atoms with Gasteiger partial charge in [-0.1, -0.05) is 34.8 Å². The van der Waals surface area contributed by atoms with E-state index in [0.29, 0.717) is 11.6 Å². The number of hydrogen-bond acceptors (Lipinski definition) is 2. The van der Waals surface area contributed by atoms with Crippen molar-refractivity contribution in [2.75, 3.05) is 11.9 Å². The number of aromatic nitrogens is 2. The van der Waals surface area contributed by atoms with Crippen molar-refractivity contribution in [1.82, 2.24) is 14.5 Å². The number of carbonyl (C=O) groups excluding carboxylic acids is 1. The lowest BCUT2D eigenvalue weighted by molar-refractivity contribution is 0.0704. The Morgan fingerprint density at radius 2 is 2.25 bits per heavy atom. The molecular weight excluding hydrogens is 318 g/mol. The molecule has 0 aromatic carbocycles. The molecule has 106 valence electrons. The van der Waals surface area contributed by atoms with E-state index in [2.05, 4.69) is 21.0 Å². The minimum atomic E-state index is 0.109. The fourth-order valence-corrected chi connectivity index (χ4v) is 3.53. The van der Waals surface area contributed by atoms with Crippen LogP contribution in [-0.4, -0.2) is 38.3 Å². The molecule has 3 heterocycles. The second-order valence-corrected chi connectivity index (χ2v) is 5.89. The van der Waals surface area contributed by atoms with Gasteiger partial charge in [0.15, 0.2) is 0 Å². The first kappa shape index (κ1) is 13.6. The molecule has 20 heavy (non-hydrogen) atoms. The Hall–Kier alpha value is -1.36. The Bertz CT molecular complexity index is 610. The van der Waals surface area contributed by atoms with Gasteiger partial charge in [-0.15, -0.1) is 0 Å². The molecule has 1 saturated heterocycles. The van der Waals surface area contributed by atoms with Crippen LogP contribution in [0.5, 0.6) is 0 Å². The summed E-state index contributed by atoms with van der Waals surface area (Å²) in [4.78, 5) is 14.9. The lowest BCUT2D eigenvalue weighted by atomic mass is 10.1. The first-order valence-corrected chi connectivity index (χ1v) is 8.22. The highest BCUT2D eigenvalue weighted by atomic mass is 79.9. The Morgan fingerprint density at radius 1 is 1.35 bits per heavy atom. The summed E-state index contributed by atoms with van der Waals surface area (Å²) in [6.07, 6.45) is 8.14. The molecule has 4 nitrogen and oxygen atoms in total. The molecule has 5 heteroatoms. The zero-order valence-electron chi connectivity index (χ0n) is 11.3. The van der Waals surface area contributed by atoms with E-state index in [1.54, 1.807) is 10.7 Å². The Kier molecular flexibility index (Phi) is 4.05. The molecular formula is C15H18BrN3O. The third-order valence-corrected chi connectivity index (χ3v) is 4.72. The number of carbonyl (C=O) groups is 1. The summed E-state index contributed by atoms with van der Waals surface area (Å²) in [6, 6.07) is 6.10. The van der Waals surface area contributed by atoms with Crippen LogP contribution in [0.4, 0.5) is 0 Å². The fraction of sp³-hybridized carbons (Fsp3) is 0.467. The van der Waals surface area contributed by atoms with Crippen molar-refractivity contribution < 1.29 is 4.79 Å². The molecule has 0 saturated carbocycles. The van der Waals surface area contributed by atoms with Gasteiger partial charge >= 0.3 is 0 Å². The van der Waals surface area contributed by atoms with Gasteiger partial charge in [0.1, 0.15) is 0 Å². The van der Waals surface area contributed by atoms with E-state index in [1.807, 2.05) is 29.3 Å². The SMILES string of the molecule is O=C(c1cnn2ccccc12)N1CCCCCC1CBr. The number of hydrogen-bond donors (Lipinski definition) is 0. The zero-order valence-corrected chi connectivity index (χ0v) is 12.9. The summed E-state index contributed by atoms with van der Waals surface area (Å²) >= 11 is 3.55. The predicted octanol–water partition coefficient (Wildman–Crippen LogP) is 3.11. The first-order chi connectivity index (χ1) is 9.81. The molecule has 0 N–H and O–H groups in total. The number of alkyl halides is 1. The zero-order chi connectivity index (χ0) is 13.9. The van der Waals surface area contributed by atoms with Gasteiger partial charge in [0.05, 0.1) is 17.3 Å². The number of fused-ring (bicyclic) bond motifs is 1. The highest BCUT2D eigenvalue weighted by molar-refractivity contribution is 9.09. The van der Waals surface area contributed by atoms with Crippen LogP contribution in [0.1, 0.15) is 36.0 Å². The van der Waals surface area contributed by atoms with Crippen LogP contribution in [-0.2, 0) is 0 Å². The van der Waals surface area contributed by atoms with Gasteiger partial charge in [-0.2, -0.15) is 5.10 Å². The molecule has 2 aromatic heterocycles. The van der Waals surface area contributed by atoms with Gasteiger partial charge in [0.2, 0.25) is 0 Å². The van der Waals surface area contributed by atoms with Crippen molar-refractivity contribution in [2.45, 2.75) is 31.7 Å². The van der Waals surface area contributed by atoms with Crippen LogP contribution in [0.15, 0.2) is 30.6 Å². The largest absolute Gasteiger partial charge is 0.335 e. The third kappa shape index (κ3) is 2.46. The first-order valence-electron chi connectivity index (χ1n) is 7.10. The summed E-state index contributed by atoms with van der Waals surface area (Å²) in [6.45, 7) is 0.847. The van der Waals surface area contributed by atoms with Gasteiger partial charge in [-0.05, 0) is 25.0 Å². The van der Waals surface area contributed by atoms with Crippen molar-refractivity contribution in [2.24, 2.45) is 0 Å². The van der Waals surface area contributed by atoms with Gasteiger partial charge in [0, 0.05) is 24.1 Å². The average molecular weight is 336 g/mol. The molecule has 1 amide bonds. The molecule has 0 bridgehead atoms. The molecule has 1 aliphatic rings. The van der Waals surface area contributed by atoms with E-state index in [-0.39, 0.29) is 5.91 Å². The normalized spacial score (nSPS) is 20.1. The Labute approximate surface area is 126 Å². The Balaban J connectivity index is 1.94. The summed E-state index contributed by atoms with van der Waals surface area (Å²) in [5, 5.41) is 5.11. The van der Waals surface area contributed by atoms with E-state index in [4.69, 9.17) is 0 Å². The van der Waals surface area contributed by atoms with Crippen molar-refractivity contribution in [1.29, 1.82) is 0 Å². The molecule has 0 radical (unpaired) electrons. The lowest BCUT2D eigenvalue weighted by Gasteiger charge is -2.28.